The molecule has 9 rings (SSSR count). The van der Waals surface area contributed by atoms with Crippen LogP contribution >= 0.6 is 0 Å². The van der Waals surface area contributed by atoms with E-state index < -0.39 is 0 Å². The van der Waals surface area contributed by atoms with Gasteiger partial charge in [-0.2, -0.15) is 0 Å². The van der Waals surface area contributed by atoms with Crippen molar-refractivity contribution in [2.75, 3.05) is 4.90 Å². The summed E-state index contributed by atoms with van der Waals surface area (Å²) in [4.78, 5) is 2.35. The van der Waals surface area contributed by atoms with Crippen LogP contribution in [0.1, 0.15) is 0 Å². The summed E-state index contributed by atoms with van der Waals surface area (Å²) in [5, 5.41) is 2.53. The highest BCUT2D eigenvalue weighted by Crippen LogP contribution is 2.42. The van der Waals surface area contributed by atoms with E-state index in [1.165, 1.54) is 60.9 Å². The van der Waals surface area contributed by atoms with E-state index >= 15 is 0 Å². The number of hydrogen-bond acceptors (Lipinski definition) is 1. The van der Waals surface area contributed by atoms with Crippen molar-refractivity contribution in [2.45, 2.75) is 0 Å². The lowest BCUT2D eigenvalue weighted by molar-refractivity contribution is 1.18. The molecular formula is C48H34N2. The molecule has 0 aliphatic carbocycles. The van der Waals surface area contributed by atoms with Crippen LogP contribution in [0.4, 0.5) is 17.1 Å². The van der Waals surface area contributed by atoms with Crippen molar-refractivity contribution >= 4 is 38.9 Å². The number of hydrogen-bond donors (Lipinski definition) is 0. The summed E-state index contributed by atoms with van der Waals surface area (Å²) >= 11 is 0. The number of aromatic nitrogens is 1. The molecule has 8 aromatic carbocycles. The smallest absolute Gasteiger partial charge is 0.0541 e. The van der Waals surface area contributed by atoms with Crippen LogP contribution in [-0.4, -0.2) is 4.57 Å². The van der Waals surface area contributed by atoms with Gasteiger partial charge in [0.15, 0.2) is 0 Å². The van der Waals surface area contributed by atoms with E-state index in [2.05, 4.69) is 216 Å². The van der Waals surface area contributed by atoms with Gasteiger partial charge in [-0.1, -0.05) is 152 Å². The summed E-state index contributed by atoms with van der Waals surface area (Å²) in [6.45, 7) is 0. The van der Waals surface area contributed by atoms with Crippen LogP contribution in [0.2, 0.25) is 0 Å². The number of rotatable bonds is 7. The SMILES string of the molecule is c1ccc(-c2ccccc2N(c2ccccc2)c2ccc(-c3cccc(-c4ccccc4-n4c5ccccc5c5ccccc54)c3)cc2)cc1. The van der Waals surface area contributed by atoms with Crippen molar-refractivity contribution in [1.29, 1.82) is 0 Å². The van der Waals surface area contributed by atoms with Crippen LogP contribution in [-0.2, 0) is 0 Å². The lowest BCUT2D eigenvalue weighted by Crippen LogP contribution is -2.11. The van der Waals surface area contributed by atoms with Crippen LogP contribution in [0.25, 0.3) is 60.9 Å². The Hall–Kier alpha value is -6.64. The zero-order valence-electron chi connectivity index (χ0n) is 27.5. The Morgan fingerprint density at radius 1 is 0.320 bits per heavy atom. The molecule has 0 bridgehead atoms. The third-order valence-corrected chi connectivity index (χ3v) is 9.60. The predicted octanol–water partition coefficient (Wildman–Crippen LogP) is 13.3. The van der Waals surface area contributed by atoms with E-state index in [1.807, 2.05) is 0 Å². The van der Waals surface area contributed by atoms with E-state index in [0.29, 0.717) is 0 Å². The molecule has 0 saturated heterocycles. The van der Waals surface area contributed by atoms with Crippen molar-refractivity contribution < 1.29 is 0 Å². The summed E-state index contributed by atoms with van der Waals surface area (Å²) in [5.41, 5.74) is 14.1. The maximum absolute atomic E-state index is 2.41. The van der Waals surface area contributed by atoms with Crippen LogP contribution in [0.5, 0.6) is 0 Å². The standard InChI is InChI=1S/C48H34N2/c1-3-16-36(17-4-1)41-22-7-11-26-45(41)49(39-20-5-2-6-21-39)40-32-30-35(31-33-40)37-18-15-19-38(34-37)42-23-8-12-27-46(42)50-47-28-13-9-24-43(47)44-25-10-14-29-48(44)50/h1-34H. The minimum Gasteiger partial charge on any atom is -0.310 e. The van der Waals surface area contributed by atoms with Crippen molar-refractivity contribution in [3.8, 4) is 39.1 Å². The van der Waals surface area contributed by atoms with Gasteiger partial charge in [-0.15, -0.1) is 0 Å². The summed E-state index contributed by atoms with van der Waals surface area (Å²) in [6, 6.07) is 73.9. The van der Waals surface area contributed by atoms with Gasteiger partial charge in [0.1, 0.15) is 0 Å². The van der Waals surface area contributed by atoms with Gasteiger partial charge in [0.2, 0.25) is 0 Å². The van der Waals surface area contributed by atoms with Crippen LogP contribution in [0.3, 0.4) is 0 Å². The highest BCUT2D eigenvalue weighted by Gasteiger charge is 2.18. The largest absolute Gasteiger partial charge is 0.310 e. The molecule has 0 saturated carbocycles. The zero-order chi connectivity index (χ0) is 33.3. The Morgan fingerprint density at radius 3 is 1.56 bits per heavy atom. The Morgan fingerprint density at radius 2 is 0.840 bits per heavy atom. The molecule has 9 aromatic rings. The van der Waals surface area contributed by atoms with Gasteiger partial charge < -0.3 is 9.47 Å². The Labute approximate surface area is 292 Å². The van der Waals surface area contributed by atoms with Crippen LogP contribution < -0.4 is 4.90 Å². The fourth-order valence-electron chi connectivity index (χ4n) is 7.30. The van der Waals surface area contributed by atoms with E-state index in [9.17, 15) is 0 Å². The van der Waals surface area contributed by atoms with Gasteiger partial charge in [-0.25, -0.2) is 0 Å². The summed E-state index contributed by atoms with van der Waals surface area (Å²) in [7, 11) is 0. The van der Waals surface area contributed by atoms with Crippen molar-refractivity contribution in [3.63, 3.8) is 0 Å². The molecule has 2 heteroatoms. The highest BCUT2D eigenvalue weighted by atomic mass is 15.1. The highest BCUT2D eigenvalue weighted by molar-refractivity contribution is 6.09. The van der Waals surface area contributed by atoms with Gasteiger partial charge in [0, 0.05) is 33.3 Å². The van der Waals surface area contributed by atoms with Crippen molar-refractivity contribution in [3.05, 3.63) is 206 Å². The third kappa shape index (κ3) is 5.24. The van der Waals surface area contributed by atoms with E-state index in [1.54, 1.807) is 0 Å². The van der Waals surface area contributed by atoms with Crippen molar-refractivity contribution in [1.82, 2.24) is 4.57 Å². The van der Waals surface area contributed by atoms with E-state index in [4.69, 9.17) is 0 Å². The van der Waals surface area contributed by atoms with Gasteiger partial charge >= 0.3 is 0 Å². The fourth-order valence-corrected chi connectivity index (χ4v) is 7.30. The quantitative estimate of drug-likeness (QED) is 0.169. The summed E-state index contributed by atoms with van der Waals surface area (Å²) in [6.07, 6.45) is 0. The monoisotopic (exact) mass is 638 g/mol. The molecule has 0 radical (unpaired) electrons. The Bertz CT molecular complexity index is 2530. The molecule has 0 unspecified atom stereocenters. The maximum Gasteiger partial charge on any atom is 0.0541 e. The molecule has 0 fully saturated rings. The number of nitrogens with zero attached hydrogens (tertiary/aromatic N) is 2. The topological polar surface area (TPSA) is 8.17 Å². The second kappa shape index (κ2) is 12.8. The molecule has 236 valence electrons. The first kappa shape index (κ1) is 29.5. The first-order chi connectivity index (χ1) is 24.8. The molecule has 0 aliphatic heterocycles. The van der Waals surface area contributed by atoms with Crippen LogP contribution in [0, 0.1) is 0 Å². The summed E-state index contributed by atoms with van der Waals surface area (Å²) < 4.78 is 2.41. The molecule has 0 N–H and O–H groups in total. The lowest BCUT2D eigenvalue weighted by Gasteiger charge is -2.28. The minimum atomic E-state index is 1.11. The van der Waals surface area contributed by atoms with Gasteiger partial charge in [0.05, 0.1) is 22.4 Å². The van der Waals surface area contributed by atoms with Gasteiger partial charge in [-0.05, 0) is 76.9 Å². The molecule has 0 aliphatic rings. The number of para-hydroxylation sites is 5. The first-order valence-corrected chi connectivity index (χ1v) is 17.1. The van der Waals surface area contributed by atoms with E-state index in [0.717, 1.165) is 17.1 Å². The van der Waals surface area contributed by atoms with Gasteiger partial charge in [0.25, 0.3) is 0 Å². The molecular weight excluding hydrogens is 605 g/mol. The average Bonchev–Trinajstić information content (AvgIpc) is 3.54. The Kier molecular flexibility index (Phi) is 7.53. The number of benzene rings is 8. The average molecular weight is 639 g/mol. The molecule has 2 nitrogen and oxygen atoms in total. The van der Waals surface area contributed by atoms with Gasteiger partial charge in [-0.3, -0.25) is 0 Å². The minimum absolute atomic E-state index is 1.11. The lowest BCUT2D eigenvalue weighted by atomic mass is 9.97. The molecule has 1 aromatic heterocycles. The Balaban J connectivity index is 1.12. The number of anilines is 3. The molecule has 1 heterocycles. The predicted molar refractivity (Wildman–Crippen MR) is 212 cm³/mol. The van der Waals surface area contributed by atoms with Crippen LogP contribution in [0.15, 0.2) is 206 Å². The van der Waals surface area contributed by atoms with E-state index in [-0.39, 0.29) is 0 Å². The second-order valence-corrected chi connectivity index (χ2v) is 12.6. The molecule has 0 atom stereocenters. The zero-order valence-corrected chi connectivity index (χ0v) is 27.5. The summed E-state index contributed by atoms with van der Waals surface area (Å²) in [5.74, 6) is 0. The van der Waals surface area contributed by atoms with Crippen molar-refractivity contribution in [2.24, 2.45) is 0 Å². The molecule has 0 spiro atoms. The second-order valence-electron chi connectivity index (χ2n) is 12.6. The first-order valence-electron chi connectivity index (χ1n) is 17.1. The molecule has 0 amide bonds. The normalized spacial score (nSPS) is 11.2. The fraction of sp³-hybridized carbons (Fsp3) is 0. The number of fused-ring (bicyclic) bond motifs is 3. The molecule has 50 heavy (non-hydrogen) atoms. The third-order valence-electron chi connectivity index (χ3n) is 9.60. The maximum atomic E-state index is 2.41.